The van der Waals surface area contributed by atoms with Crippen LogP contribution in [0, 0.1) is 0 Å². The van der Waals surface area contributed by atoms with Crippen molar-refractivity contribution in [1.29, 1.82) is 0 Å². The SMILES string of the molecule is CN(C)C(=O)c1ccc(CNC(=O)c2cccc(N(C)C)c2)cc1. The molecule has 2 rings (SSSR count). The molecule has 24 heavy (non-hydrogen) atoms. The van der Waals surface area contributed by atoms with E-state index in [9.17, 15) is 9.59 Å². The van der Waals surface area contributed by atoms with E-state index in [4.69, 9.17) is 0 Å². The standard InChI is InChI=1S/C19H23N3O2/c1-21(2)17-7-5-6-16(12-17)18(23)20-13-14-8-10-15(11-9-14)19(24)22(3)4/h5-12H,13H2,1-4H3,(H,20,23). The third-order valence-electron chi connectivity index (χ3n) is 3.68. The second kappa shape index (κ2) is 7.64. The highest BCUT2D eigenvalue weighted by Crippen LogP contribution is 2.13. The smallest absolute Gasteiger partial charge is 0.253 e. The molecule has 2 amide bonds. The number of carbonyl (C=O) groups excluding carboxylic acids is 2. The fourth-order valence-electron chi connectivity index (χ4n) is 2.23. The van der Waals surface area contributed by atoms with Crippen molar-refractivity contribution in [3.05, 3.63) is 65.2 Å². The lowest BCUT2D eigenvalue weighted by atomic mass is 10.1. The molecule has 0 saturated heterocycles. The molecule has 0 atom stereocenters. The predicted octanol–water partition coefficient (Wildman–Crippen LogP) is 2.38. The van der Waals surface area contributed by atoms with Gasteiger partial charge in [-0.3, -0.25) is 9.59 Å². The van der Waals surface area contributed by atoms with E-state index in [0.717, 1.165) is 11.3 Å². The number of hydrogen-bond donors (Lipinski definition) is 1. The van der Waals surface area contributed by atoms with Crippen LogP contribution in [0.25, 0.3) is 0 Å². The maximum Gasteiger partial charge on any atom is 0.253 e. The van der Waals surface area contributed by atoms with Crippen molar-refractivity contribution in [3.8, 4) is 0 Å². The molecule has 5 nitrogen and oxygen atoms in total. The van der Waals surface area contributed by atoms with Crippen LogP contribution in [-0.2, 0) is 6.54 Å². The molecule has 0 aliphatic rings. The molecular formula is C19H23N3O2. The number of hydrogen-bond acceptors (Lipinski definition) is 3. The summed E-state index contributed by atoms with van der Waals surface area (Å²) in [4.78, 5) is 27.6. The molecular weight excluding hydrogens is 302 g/mol. The highest BCUT2D eigenvalue weighted by molar-refractivity contribution is 5.95. The maximum atomic E-state index is 12.3. The Labute approximate surface area is 142 Å². The Morgan fingerprint density at radius 3 is 2.17 bits per heavy atom. The number of rotatable bonds is 5. The minimum Gasteiger partial charge on any atom is -0.378 e. The Morgan fingerprint density at radius 1 is 0.917 bits per heavy atom. The number of amides is 2. The lowest BCUT2D eigenvalue weighted by molar-refractivity contribution is 0.0827. The minimum atomic E-state index is -0.118. The molecule has 0 unspecified atom stereocenters. The minimum absolute atomic E-state index is 0.0360. The molecule has 0 heterocycles. The van der Waals surface area contributed by atoms with Crippen LogP contribution in [0.15, 0.2) is 48.5 Å². The van der Waals surface area contributed by atoms with Gasteiger partial charge in [-0.25, -0.2) is 0 Å². The molecule has 2 aromatic rings. The Hall–Kier alpha value is -2.82. The van der Waals surface area contributed by atoms with Crippen LogP contribution in [0.3, 0.4) is 0 Å². The first-order valence-corrected chi connectivity index (χ1v) is 7.74. The molecule has 0 aliphatic carbocycles. The third kappa shape index (κ3) is 4.35. The van der Waals surface area contributed by atoms with Crippen LogP contribution in [0.1, 0.15) is 26.3 Å². The summed E-state index contributed by atoms with van der Waals surface area (Å²) in [5, 5.41) is 2.90. The highest BCUT2D eigenvalue weighted by atomic mass is 16.2. The van der Waals surface area contributed by atoms with Crippen LogP contribution in [-0.4, -0.2) is 44.9 Å². The van der Waals surface area contributed by atoms with Gasteiger partial charge < -0.3 is 15.1 Å². The molecule has 126 valence electrons. The lowest BCUT2D eigenvalue weighted by Gasteiger charge is -2.13. The van der Waals surface area contributed by atoms with E-state index in [0.29, 0.717) is 17.7 Å². The zero-order valence-electron chi connectivity index (χ0n) is 14.5. The maximum absolute atomic E-state index is 12.3. The molecule has 0 fully saturated rings. The summed E-state index contributed by atoms with van der Waals surface area (Å²) >= 11 is 0. The van der Waals surface area contributed by atoms with Crippen molar-refractivity contribution in [2.75, 3.05) is 33.1 Å². The fourth-order valence-corrected chi connectivity index (χ4v) is 2.23. The van der Waals surface area contributed by atoms with Crippen molar-refractivity contribution in [2.24, 2.45) is 0 Å². The van der Waals surface area contributed by atoms with Gasteiger partial charge in [0.2, 0.25) is 0 Å². The van der Waals surface area contributed by atoms with E-state index in [-0.39, 0.29) is 11.8 Å². The molecule has 0 bridgehead atoms. The molecule has 0 aliphatic heterocycles. The van der Waals surface area contributed by atoms with Crippen molar-refractivity contribution in [1.82, 2.24) is 10.2 Å². The zero-order valence-corrected chi connectivity index (χ0v) is 14.5. The van der Waals surface area contributed by atoms with Gasteiger partial charge in [0.25, 0.3) is 11.8 Å². The number of benzene rings is 2. The van der Waals surface area contributed by atoms with Crippen LogP contribution in [0.4, 0.5) is 5.69 Å². The van der Waals surface area contributed by atoms with E-state index in [1.807, 2.05) is 49.3 Å². The van der Waals surface area contributed by atoms with Crippen molar-refractivity contribution >= 4 is 17.5 Å². The van der Waals surface area contributed by atoms with Crippen LogP contribution >= 0.6 is 0 Å². The number of nitrogens with one attached hydrogen (secondary N) is 1. The van der Waals surface area contributed by atoms with Gasteiger partial charge >= 0.3 is 0 Å². The van der Waals surface area contributed by atoms with Gasteiger partial charge in [-0.05, 0) is 35.9 Å². The summed E-state index contributed by atoms with van der Waals surface area (Å²) in [5.74, 6) is -0.154. The van der Waals surface area contributed by atoms with Gasteiger partial charge in [0.05, 0.1) is 0 Å². The van der Waals surface area contributed by atoms with E-state index in [1.165, 1.54) is 4.90 Å². The van der Waals surface area contributed by atoms with Crippen LogP contribution in [0.5, 0.6) is 0 Å². The van der Waals surface area contributed by atoms with Crippen LogP contribution in [0.2, 0.25) is 0 Å². The molecule has 0 radical (unpaired) electrons. The Balaban J connectivity index is 1.99. The van der Waals surface area contributed by atoms with Crippen molar-refractivity contribution in [3.63, 3.8) is 0 Å². The Morgan fingerprint density at radius 2 is 1.58 bits per heavy atom. The zero-order chi connectivity index (χ0) is 17.7. The molecule has 1 N–H and O–H groups in total. The summed E-state index contributed by atoms with van der Waals surface area (Å²) in [7, 11) is 7.32. The molecule has 0 spiro atoms. The van der Waals surface area contributed by atoms with Crippen molar-refractivity contribution in [2.45, 2.75) is 6.54 Å². The summed E-state index contributed by atoms with van der Waals surface area (Å²) in [6, 6.07) is 14.7. The molecule has 0 saturated carbocycles. The van der Waals surface area contributed by atoms with Gasteiger partial charge in [0.1, 0.15) is 0 Å². The average molecular weight is 325 g/mol. The first-order chi connectivity index (χ1) is 11.4. The Kier molecular flexibility index (Phi) is 5.58. The second-order valence-electron chi connectivity index (χ2n) is 6.02. The van der Waals surface area contributed by atoms with Gasteiger partial charge in [0.15, 0.2) is 0 Å². The van der Waals surface area contributed by atoms with Gasteiger partial charge in [-0.2, -0.15) is 0 Å². The molecule has 2 aromatic carbocycles. The second-order valence-corrected chi connectivity index (χ2v) is 6.02. The highest BCUT2D eigenvalue weighted by Gasteiger charge is 2.09. The first-order valence-electron chi connectivity index (χ1n) is 7.74. The summed E-state index contributed by atoms with van der Waals surface area (Å²) in [6.45, 7) is 0.418. The molecule has 0 aromatic heterocycles. The van der Waals surface area contributed by atoms with Crippen LogP contribution < -0.4 is 10.2 Å². The number of nitrogens with zero attached hydrogens (tertiary/aromatic N) is 2. The van der Waals surface area contributed by atoms with E-state index < -0.39 is 0 Å². The quantitative estimate of drug-likeness (QED) is 0.918. The van der Waals surface area contributed by atoms with E-state index in [1.54, 1.807) is 32.3 Å². The number of anilines is 1. The van der Waals surface area contributed by atoms with E-state index >= 15 is 0 Å². The first kappa shape index (κ1) is 17.5. The normalized spacial score (nSPS) is 10.2. The topological polar surface area (TPSA) is 52.7 Å². The predicted molar refractivity (Wildman–Crippen MR) is 96.4 cm³/mol. The van der Waals surface area contributed by atoms with Crippen molar-refractivity contribution < 1.29 is 9.59 Å². The van der Waals surface area contributed by atoms with Gasteiger partial charge in [-0.1, -0.05) is 18.2 Å². The summed E-state index contributed by atoms with van der Waals surface area (Å²) in [6.07, 6.45) is 0. The average Bonchev–Trinajstić information content (AvgIpc) is 2.59. The fraction of sp³-hybridized carbons (Fsp3) is 0.263. The number of carbonyl (C=O) groups is 2. The van der Waals surface area contributed by atoms with Gasteiger partial charge in [-0.15, -0.1) is 0 Å². The Bertz CT molecular complexity index is 722. The van der Waals surface area contributed by atoms with Gasteiger partial charge in [0, 0.05) is 51.5 Å². The largest absolute Gasteiger partial charge is 0.378 e. The summed E-state index contributed by atoms with van der Waals surface area (Å²) in [5.41, 5.74) is 3.19. The third-order valence-corrected chi connectivity index (χ3v) is 3.68. The summed E-state index contributed by atoms with van der Waals surface area (Å²) < 4.78 is 0. The monoisotopic (exact) mass is 325 g/mol. The molecule has 5 heteroatoms. The lowest BCUT2D eigenvalue weighted by Crippen LogP contribution is -2.23. The van der Waals surface area contributed by atoms with E-state index in [2.05, 4.69) is 5.32 Å².